The maximum Gasteiger partial charge on any atom is 0.276 e. The van der Waals surface area contributed by atoms with Crippen LogP contribution in [0, 0.1) is 0 Å². The van der Waals surface area contributed by atoms with Gasteiger partial charge in [-0.2, -0.15) is 10.2 Å². The number of hydrogen-bond acceptors (Lipinski definition) is 4. The van der Waals surface area contributed by atoms with E-state index >= 15 is 0 Å². The van der Waals surface area contributed by atoms with Gasteiger partial charge in [-0.3, -0.25) is 4.79 Å². The van der Waals surface area contributed by atoms with Gasteiger partial charge in [0.05, 0.1) is 23.8 Å². The molecule has 0 fully saturated rings. The van der Waals surface area contributed by atoms with Crippen molar-refractivity contribution in [3.05, 3.63) is 59.7 Å². The Balaban J connectivity index is 1.63. The van der Waals surface area contributed by atoms with E-state index in [9.17, 15) is 4.79 Å². The first kappa shape index (κ1) is 15.6. The van der Waals surface area contributed by atoms with Crippen molar-refractivity contribution in [3.63, 3.8) is 0 Å². The normalized spacial score (nSPS) is 13.0. The highest BCUT2D eigenvalue weighted by atomic mass is 16.5. The fourth-order valence-corrected chi connectivity index (χ4v) is 3.22. The summed E-state index contributed by atoms with van der Waals surface area (Å²) >= 11 is 0. The maximum absolute atomic E-state index is 12.7. The summed E-state index contributed by atoms with van der Waals surface area (Å²) in [6, 6.07) is 9.92. The Morgan fingerprint density at radius 2 is 2.12 bits per heavy atom. The molecule has 1 N–H and O–H groups in total. The highest BCUT2D eigenvalue weighted by Gasteiger charge is 2.27. The molecule has 0 aliphatic heterocycles. The standard InChI is InChI=1S/C18H19N5O2/c1-25-12-22-11-13(10-19-22)20-18(24)17-15-8-5-9-16(15)23(21-17)14-6-3-2-4-7-14/h2-4,6-7,10-11H,5,8-9,12H2,1H3,(H,20,24). The van der Waals surface area contributed by atoms with Gasteiger partial charge in [0.15, 0.2) is 5.69 Å². The first-order valence-electron chi connectivity index (χ1n) is 8.25. The Bertz CT molecular complexity index is 898. The molecule has 0 saturated heterocycles. The summed E-state index contributed by atoms with van der Waals surface area (Å²) in [6.45, 7) is 0.341. The average molecular weight is 337 g/mol. The third-order valence-corrected chi connectivity index (χ3v) is 4.30. The lowest BCUT2D eigenvalue weighted by molar-refractivity contribution is 0.102. The molecule has 0 saturated carbocycles. The number of fused-ring (bicyclic) bond motifs is 1. The summed E-state index contributed by atoms with van der Waals surface area (Å²) in [6.07, 6.45) is 6.21. The number of anilines is 1. The zero-order valence-electron chi connectivity index (χ0n) is 14.0. The van der Waals surface area contributed by atoms with Crippen LogP contribution in [0.4, 0.5) is 5.69 Å². The monoisotopic (exact) mass is 337 g/mol. The van der Waals surface area contributed by atoms with Crippen molar-refractivity contribution in [3.8, 4) is 5.69 Å². The lowest BCUT2D eigenvalue weighted by Crippen LogP contribution is -2.14. The van der Waals surface area contributed by atoms with Gasteiger partial charge in [-0.15, -0.1) is 0 Å². The predicted molar refractivity (Wildman–Crippen MR) is 92.8 cm³/mol. The first-order valence-corrected chi connectivity index (χ1v) is 8.25. The zero-order chi connectivity index (χ0) is 17.2. The third-order valence-electron chi connectivity index (χ3n) is 4.30. The van der Waals surface area contributed by atoms with E-state index < -0.39 is 0 Å². The van der Waals surface area contributed by atoms with Crippen molar-refractivity contribution in [1.29, 1.82) is 0 Å². The summed E-state index contributed by atoms with van der Waals surface area (Å²) in [5, 5.41) is 11.6. The maximum atomic E-state index is 12.7. The van der Waals surface area contributed by atoms with Crippen molar-refractivity contribution in [2.45, 2.75) is 26.0 Å². The summed E-state index contributed by atoms with van der Waals surface area (Å²) in [7, 11) is 1.60. The highest BCUT2D eigenvalue weighted by Crippen LogP contribution is 2.28. The van der Waals surface area contributed by atoms with Crippen LogP contribution in [0.1, 0.15) is 28.2 Å². The van der Waals surface area contributed by atoms with Crippen LogP contribution >= 0.6 is 0 Å². The van der Waals surface area contributed by atoms with Gasteiger partial charge < -0.3 is 10.1 Å². The van der Waals surface area contributed by atoms with E-state index in [1.165, 1.54) is 0 Å². The van der Waals surface area contributed by atoms with Crippen LogP contribution in [0.3, 0.4) is 0 Å². The molecule has 1 aliphatic carbocycles. The smallest absolute Gasteiger partial charge is 0.276 e. The number of carbonyl (C=O) groups is 1. The fourth-order valence-electron chi connectivity index (χ4n) is 3.22. The van der Waals surface area contributed by atoms with Crippen LogP contribution in [-0.2, 0) is 24.3 Å². The van der Waals surface area contributed by atoms with E-state index in [1.54, 1.807) is 24.2 Å². The molecular weight excluding hydrogens is 318 g/mol. The van der Waals surface area contributed by atoms with Gasteiger partial charge in [0, 0.05) is 18.4 Å². The SMILES string of the molecule is COCn1cc(NC(=O)c2nn(-c3ccccc3)c3c2CCC3)cn1. The zero-order valence-corrected chi connectivity index (χ0v) is 14.0. The Hall–Kier alpha value is -2.93. The number of nitrogens with zero attached hydrogens (tertiary/aromatic N) is 4. The number of rotatable bonds is 5. The minimum atomic E-state index is -0.204. The largest absolute Gasteiger partial charge is 0.362 e. The van der Waals surface area contributed by atoms with Crippen molar-refractivity contribution < 1.29 is 9.53 Å². The molecular formula is C18H19N5O2. The summed E-state index contributed by atoms with van der Waals surface area (Å²) in [4.78, 5) is 12.7. The van der Waals surface area contributed by atoms with Gasteiger partial charge in [-0.05, 0) is 31.4 Å². The molecule has 0 radical (unpaired) electrons. The number of para-hydroxylation sites is 1. The average Bonchev–Trinajstić information content (AvgIpc) is 3.32. The Morgan fingerprint density at radius 3 is 2.92 bits per heavy atom. The molecule has 0 unspecified atom stereocenters. The lowest BCUT2D eigenvalue weighted by atomic mass is 10.2. The molecule has 3 aromatic rings. The van der Waals surface area contributed by atoms with Crippen LogP contribution < -0.4 is 5.32 Å². The molecule has 7 nitrogen and oxygen atoms in total. The summed E-state index contributed by atoms with van der Waals surface area (Å²) in [5.41, 5.74) is 4.28. The van der Waals surface area contributed by atoms with Crippen molar-refractivity contribution >= 4 is 11.6 Å². The van der Waals surface area contributed by atoms with E-state index in [1.807, 2.05) is 35.0 Å². The second-order valence-electron chi connectivity index (χ2n) is 6.02. The van der Waals surface area contributed by atoms with Gasteiger partial charge in [-0.1, -0.05) is 18.2 Å². The molecule has 4 rings (SSSR count). The Labute approximate surface area is 145 Å². The molecule has 1 amide bonds. The highest BCUT2D eigenvalue weighted by molar-refractivity contribution is 6.04. The number of amides is 1. The van der Waals surface area contributed by atoms with Crippen molar-refractivity contribution in [1.82, 2.24) is 19.6 Å². The van der Waals surface area contributed by atoms with E-state index in [0.717, 1.165) is 36.2 Å². The van der Waals surface area contributed by atoms with Crippen LogP contribution in [-0.4, -0.2) is 32.6 Å². The van der Waals surface area contributed by atoms with Crippen molar-refractivity contribution in [2.75, 3.05) is 12.4 Å². The number of carbonyl (C=O) groups excluding carboxylic acids is 1. The molecule has 7 heteroatoms. The minimum absolute atomic E-state index is 0.204. The molecule has 25 heavy (non-hydrogen) atoms. The van der Waals surface area contributed by atoms with E-state index in [2.05, 4.69) is 15.5 Å². The number of benzene rings is 1. The molecule has 1 aliphatic rings. The molecule has 2 heterocycles. The topological polar surface area (TPSA) is 74.0 Å². The van der Waals surface area contributed by atoms with E-state index in [0.29, 0.717) is 18.1 Å². The van der Waals surface area contributed by atoms with E-state index in [4.69, 9.17) is 4.74 Å². The van der Waals surface area contributed by atoms with Crippen LogP contribution in [0.2, 0.25) is 0 Å². The molecule has 0 atom stereocenters. The Kier molecular flexibility index (Phi) is 4.07. The molecule has 128 valence electrons. The quantitative estimate of drug-likeness (QED) is 0.776. The second-order valence-corrected chi connectivity index (χ2v) is 6.02. The lowest BCUT2D eigenvalue weighted by Gasteiger charge is -2.04. The fraction of sp³-hybridized carbons (Fsp3) is 0.278. The number of methoxy groups -OCH3 is 1. The first-order chi connectivity index (χ1) is 12.3. The van der Waals surface area contributed by atoms with Crippen molar-refractivity contribution in [2.24, 2.45) is 0 Å². The van der Waals surface area contributed by atoms with Gasteiger partial charge in [0.25, 0.3) is 5.91 Å². The van der Waals surface area contributed by atoms with Gasteiger partial charge in [-0.25, -0.2) is 9.36 Å². The summed E-state index contributed by atoms with van der Waals surface area (Å²) in [5.74, 6) is -0.204. The molecule has 0 spiro atoms. The summed E-state index contributed by atoms with van der Waals surface area (Å²) < 4.78 is 8.52. The van der Waals surface area contributed by atoms with E-state index in [-0.39, 0.29) is 5.91 Å². The molecule has 2 aromatic heterocycles. The predicted octanol–water partition coefficient (Wildman–Crippen LogP) is 2.41. The second kappa shape index (κ2) is 6.52. The molecule has 0 bridgehead atoms. The van der Waals surface area contributed by atoms with Gasteiger partial charge >= 0.3 is 0 Å². The van der Waals surface area contributed by atoms with Crippen LogP contribution in [0.15, 0.2) is 42.7 Å². The molecule has 1 aromatic carbocycles. The van der Waals surface area contributed by atoms with Gasteiger partial charge in [0.1, 0.15) is 6.73 Å². The van der Waals surface area contributed by atoms with Crippen LogP contribution in [0.25, 0.3) is 5.69 Å². The number of ether oxygens (including phenoxy) is 1. The minimum Gasteiger partial charge on any atom is -0.362 e. The number of nitrogens with one attached hydrogen (secondary N) is 1. The Morgan fingerprint density at radius 1 is 1.28 bits per heavy atom. The number of aromatic nitrogens is 4. The third kappa shape index (κ3) is 2.94. The number of hydrogen-bond donors (Lipinski definition) is 1. The van der Waals surface area contributed by atoms with Crippen LogP contribution in [0.5, 0.6) is 0 Å². The van der Waals surface area contributed by atoms with Gasteiger partial charge in [0.2, 0.25) is 0 Å².